The maximum Gasteiger partial charge on any atom is 0.417 e. The minimum Gasteiger partial charge on any atom is -0.351 e. The van der Waals surface area contributed by atoms with E-state index in [4.69, 9.17) is 11.6 Å². The van der Waals surface area contributed by atoms with Crippen LogP contribution >= 0.6 is 11.6 Å². The van der Waals surface area contributed by atoms with E-state index < -0.39 is 22.7 Å². The van der Waals surface area contributed by atoms with E-state index in [2.05, 4.69) is 20.6 Å². The van der Waals surface area contributed by atoms with Gasteiger partial charge in [0.25, 0.3) is 5.91 Å². The number of amides is 1. The van der Waals surface area contributed by atoms with Crippen molar-refractivity contribution in [2.24, 2.45) is 0 Å². The maximum atomic E-state index is 13.0. The number of rotatable bonds is 4. The molecule has 1 saturated carbocycles. The lowest BCUT2D eigenvalue weighted by atomic mass is 10.2. The highest BCUT2D eigenvalue weighted by atomic mass is 35.5. The molecule has 1 heterocycles. The molecule has 1 amide bonds. The summed E-state index contributed by atoms with van der Waals surface area (Å²) in [6, 6.07) is 4.95. The Labute approximate surface area is 159 Å². The average Bonchev–Trinajstić information content (AvgIpc) is 3.08. The molecule has 0 unspecified atom stereocenters. The second-order valence-electron chi connectivity index (χ2n) is 6.49. The number of carbonyl (C=O) groups excluding carboxylic acids is 1. The van der Waals surface area contributed by atoms with Crippen LogP contribution in [0, 0.1) is 6.92 Å². The number of nitrogens with zero attached hydrogens (tertiary/aromatic N) is 2. The van der Waals surface area contributed by atoms with Crippen LogP contribution in [0.15, 0.2) is 24.3 Å². The SMILES string of the molecule is Cc1cc(C(=O)Nc2ccc(Cl)c(C(F)(F)F)c2)nc(NC2CCCC2)n1. The van der Waals surface area contributed by atoms with Crippen molar-refractivity contribution in [1.82, 2.24) is 9.97 Å². The molecule has 27 heavy (non-hydrogen) atoms. The van der Waals surface area contributed by atoms with Gasteiger partial charge in [0.2, 0.25) is 5.95 Å². The number of aromatic nitrogens is 2. The molecule has 3 rings (SSSR count). The first-order valence-electron chi connectivity index (χ1n) is 8.53. The zero-order valence-electron chi connectivity index (χ0n) is 14.5. The van der Waals surface area contributed by atoms with E-state index in [9.17, 15) is 18.0 Å². The molecule has 144 valence electrons. The van der Waals surface area contributed by atoms with Gasteiger partial charge >= 0.3 is 6.18 Å². The van der Waals surface area contributed by atoms with Gasteiger partial charge < -0.3 is 10.6 Å². The second-order valence-corrected chi connectivity index (χ2v) is 6.90. The van der Waals surface area contributed by atoms with Gasteiger partial charge in [0.05, 0.1) is 10.6 Å². The fourth-order valence-corrected chi connectivity index (χ4v) is 3.24. The first kappa shape index (κ1) is 19.4. The highest BCUT2D eigenvalue weighted by Crippen LogP contribution is 2.36. The van der Waals surface area contributed by atoms with Gasteiger partial charge in [-0.05, 0) is 44.0 Å². The molecule has 0 bridgehead atoms. The van der Waals surface area contributed by atoms with Crippen molar-refractivity contribution in [3.05, 3.63) is 46.2 Å². The summed E-state index contributed by atoms with van der Waals surface area (Å²) in [6.07, 6.45) is -0.306. The van der Waals surface area contributed by atoms with Gasteiger partial charge in [0.15, 0.2) is 0 Å². The van der Waals surface area contributed by atoms with Crippen molar-refractivity contribution in [1.29, 1.82) is 0 Å². The van der Waals surface area contributed by atoms with Crippen LogP contribution < -0.4 is 10.6 Å². The van der Waals surface area contributed by atoms with E-state index in [1.54, 1.807) is 6.92 Å². The van der Waals surface area contributed by atoms with E-state index >= 15 is 0 Å². The smallest absolute Gasteiger partial charge is 0.351 e. The number of carbonyl (C=O) groups is 1. The molecule has 1 aliphatic rings. The Morgan fingerprint density at radius 2 is 1.89 bits per heavy atom. The van der Waals surface area contributed by atoms with Crippen LogP contribution in [-0.2, 0) is 6.18 Å². The standard InChI is InChI=1S/C18H18ClF3N4O/c1-10-8-15(26-17(23-10)25-11-4-2-3-5-11)16(27)24-12-6-7-14(19)13(9-12)18(20,21)22/h6-9,11H,2-5H2,1H3,(H,24,27)(H,23,25,26). The van der Waals surface area contributed by atoms with Crippen LogP contribution in [0.4, 0.5) is 24.8 Å². The average molecular weight is 399 g/mol. The molecule has 0 aliphatic heterocycles. The third kappa shape index (κ3) is 4.88. The molecule has 2 aromatic rings. The first-order chi connectivity index (χ1) is 12.7. The number of benzene rings is 1. The molecule has 1 aromatic carbocycles. The van der Waals surface area contributed by atoms with E-state index in [0.29, 0.717) is 11.6 Å². The third-order valence-electron chi connectivity index (χ3n) is 4.30. The Morgan fingerprint density at radius 1 is 1.19 bits per heavy atom. The zero-order valence-corrected chi connectivity index (χ0v) is 15.3. The third-order valence-corrected chi connectivity index (χ3v) is 4.63. The van der Waals surface area contributed by atoms with E-state index in [-0.39, 0.29) is 17.4 Å². The van der Waals surface area contributed by atoms with Crippen LogP contribution in [0.3, 0.4) is 0 Å². The lowest BCUT2D eigenvalue weighted by Crippen LogP contribution is -2.20. The van der Waals surface area contributed by atoms with E-state index in [1.807, 2.05) is 0 Å². The molecule has 0 spiro atoms. The molecular formula is C18H18ClF3N4O. The number of alkyl halides is 3. The summed E-state index contributed by atoms with van der Waals surface area (Å²) >= 11 is 5.60. The summed E-state index contributed by atoms with van der Waals surface area (Å²) in [6.45, 7) is 1.72. The Bertz CT molecular complexity index is 851. The molecule has 9 heteroatoms. The highest BCUT2D eigenvalue weighted by molar-refractivity contribution is 6.31. The lowest BCUT2D eigenvalue weighted by molar-refractivity contribution is -0.137. The summed E-state index contributed by atoms with van der Waals surface area (Å²) in [5.41, 5.74) is -0.364. The molecule has 0 atom stereocenters. The number of nitrogens with one attached hydrogen (secondary N) is 2. The largest absolute Gasteiger partial charge is 0.417 e. The molecule has 1 aromatic heterocycles. The van der Waals surface area contributed by atoms with Crippen LogP contribution in [0.1, 0.15) is 47.4 Å². The van der Waals surface area contributed by atoms with Gasteiger partial charge in [0.1, 0.15) is 5.69 Å². The van der Waals surface area contributed by atoms with Gasteiger partial charge in [0, 0.05) is 17.4 Å². The molecule has 1 aliphatic carbocycles. The summed E-state index contributed by atoms with van der Waals surface area (Å²) in [5, 5.41) is 5.21. The topological polar surface area (TPSA) is 66.9 Å². The molecule has 2 N–H and O–H groups in total. The van der Waals surface area contributed by atoms with Crippen molar-refractivity contribution >= 4 is 29.1 Å². The number of hydrogen-bond acceptors (Lipinski definition) is 4. The van der Waals surface area contributed by atoms with Crippen LogP contribution in [0.2, 0.25) is 5.02 Å². The van der Waals surface area contributed by atoms with Crippen molar-refractivity contribution in [3.63, 3.8) is 0 Å². The Morgan fingerprint density at radius 3 is 2.56 bits per heavy atom. The van der Waals surface area contributed by atoms with Crippen molar-refractivity contribution < 1.29 is 18.0 Å². The van der Waals surface area contributed by atoms with Crippen molar-refractivity contribution in [2.45, 2.75) is 44.8 Å². The van der Waals surface area contributed by atoms with Gasteiger partial charge in [-0.15, -0.1) is 0 Å². The fourth-order valence-electron chi connectivity index (χ4n) is 3.02. The lowest BCUT2D eigenvalue weighted by Gasteiger charge is -2.14. The van der Waals surface area contributed by atoms with Gasteiger partial charge in [-0.25, -0.2) is 9.97 Å². The Balaban J connectivity index is 1.79. The van der Waals surface area contributed by atoms with E-state index in [1.165, 1.54) is 12.1 Å². The summed E-state index contributed by atoms with van der Waals surface area (Å²) < 4.78 is 38.9. The minimum atomic E-state index is -4.61. The van der Waals surface area contributed by atoms with Crippen molar-refractivity contribution in [2.75, 3.05) is 10.6 Å². The highest BCUT2D eigenvalue weighted by Gasteiger charge is 2.33. The maximum absolute atomic E-state index is 13.0. The quantitative estimate of drug-likeness (QED) is 0.755. The number of anilines is 2. The Kier molecular flexibility index (Phi) is 5.55. The Hall–Kier alpha value is -2.35. The van der Waals surface area contributed by atoms with E-state index in [0.717, 1.165) is 37.8 Å². The predicted molar refractivity (Wildman–Crippen MR) is 97.1 cm³/mol. The molecule has 0 saturated heterocycles. The van der Waals surface area contributed by atoms with Crippen LogP contribution in [0.5, 0.6) is 0 Å². The minimum absolute atomic E-state index is 0.0155. The number of aryl methyl sites for hydroxylation is 1. The molecule has 0 radical (unpaired) electrons. The monoisotopic (exact) mass is 398 g/mol. The van der Waals surface area contributed by atoms with Gasteiger partial charge in [-0.1, -0.05) is 24.4 Å². The van der Waals surface area contributed by atoms with Crippen molar-refractivity contribution in [3.8, 4) is 0 Å². The normalized spacial score (nSPS) is 15.0. The summed E-state index contributed by atoms with van der Waals surface area (Å²) in [7, 11) is 0. The van der Waals surface area contributed by atoms with Crippen LogP contribution in [0.25, 0.3) is 0 Å². The number of halogens is 4. The number of hydrogen-bond donors (Lipinski definition) is 2. The second kappa shape index (κ2) is 7.72. The first-order valence-corrected chi connectivity index (χ1v) is 8.90. The fraction of sp³-hybridized carbons (Fsp3) is 0.389. The molecule has 5 nitrogen and oxygen atoms in total. The molecule has 1 fully saturated rings. The van der Waals surface area contributed by atoms with Gasteiger partial charge in [-0.3, -0.25) is 4.79 Å². The predicted octanol–water partition coefficient (Wildman–Crippen LogP) is 5.06. The van der Waals surface area contributed by atoms with Crippen LogP contribution in [-0.4, -0.2) is 21.9 Å². The molecular weight excluding hydrogens is 381 g/mol. The van der Waals surface area contributed by atoms with Gasteiger partial charge in [-0.2, -0.15) is 13.2 Å². The summed E-state index contributed by atoms with van der Waals surface area (Å²) in [5.74, 6) is -0.274. The summed E-state index contributed by atoms with van der Waals surface area (Å²) in [4.78, 5) is 20.9. The zero-order chi connectivity index (χ0) is 19.6.